The van der Waals surface area contributed by atoms with Crippen molar-refractivity contribution in [3.63, 3.8) is 0 Å². The van der Waals surface area contributed by atoms with Crippen LogP contribution >= 0.6 is 0 Å². The van der Waals surface area contributed by atoms with Crippen LogP contribution in [0.4, 0.5) is 0 Å². The number of rotatable bonds is 3. The van der Waals surface area contributed by atoms with Crippen molar-refractivity contribution in [1.82, 2.24) is 4.31 Å². The standard InChI is InChI=1S/C16H19NO5S/c1-10-2-4-14(5-3-10)23(21,22)17-8-12-6-11(16(19)20)7-13(9-17)15(12)18/h2-5,11-13H,6-9H2,1H3,(H,19,20)/t11?,12-,13+. The molecule has 1 aliphatic carbocycles. The van der Waals surface area contributed by atoms with Gasteiger partial charge in [-0.3, -0.25) is 9.59 Å². The van der Waals surface area contributed by atoms with Crippen molar-refractivity contribution >= 4 is 21.8 Å². The summed E-state index contributed by atoms with van der Waals surface area (Å²) in [4.78, 5) is 23.6. The van der Waals surface area contributed by atoms with Gasteiger partial charge in [0, 0.05) is 24.9 Å². The zero-order valence-electron chi connectivity index (χ0n) is 12.8. The quantitative estimate of drug-likeness (QED) is 0.897. The van der Waals surface area contributed by atoms with Gasteiger partial charge in [0.05, 0.1) is 10.8 Å². The first-order valence-corrected chi connectivity index (χ1v) is 9.06. The highest BCUT2D eigenvalue weighted by atomic mass is 32.2. The highest BCUT2D eigenvalue weighted by Crippen LogP contribution is 2.37. The lowest BCUT2D eigenvalue weighted by atomic mass is 9.72. The first-order chi connectivity index (χ1) is 10.8. The second-order valence-electron chi connectivity index (χ2n) is 6.44. The maximum absolute atomic E-state index is 12.8. The Morgan fingerprint density at radius 1 is 1.13 bits per heavy atom. The van der Waals surface area contributed by atoms with Crippen LogP contribution in [0, 0.1) is 24.7 Å². The molecule has 1 aromatic carbocycles. The molecule has 1 heterocycles. The molecular weight excluding hydrogens is 318 g/mol. The third-order valence-electron chi connectivity index (χ3n) is 4.80. The number of carboxylic acid groups (broad SMARTS) is 1. The maximum Gasteiger partial charge on any atom is 0.306 e. The highest BCUT2D eigenvalue weighted by molar-refractivity contribution is 7.89. The number of benzene rings is 1. The summed E-state index contributed by atoms with van der Waals surface area (Å²) >= 11 is 0. The number of carbonyl (C=O) groups excluding carboxylic acids is 1. The monoisotopic (exact) mass is 337 g/mol. The molecule has 1 aromatic rings. The number of hydrogen-bond donors (Lipinski definition) is 1. The summed E-state index contributed by atoms with van der Waals surface area (Å²) in [5.41, 5.74) is 0.971. The zero-order chi connectivity index (χ0) is 16.8. The van der Waals surface area contributed by atoms with Crippen molar-refractivity contribution in [2.75, 3.05) is 13.1 Å². The van der Waals surface area contributed by atoms with Crippen molar-refractivity contribution in [1.29, 1.82) is 0 Å². The second-order valence-corrected chi connectivity index (χ2v) is 8.38. The van der Waals surface area contributed by atoms with Crippen LogP contribution in [0.3, 0.4) is 0 Å². The number of ketones is 1. The van der Waals surface area contributed by atoms with Crippen LogP contribution in [0.5, 0.6) is 0 Å². The van der Waals surface area contributed by atoms with E-state index in [0.29, 0.717) is 0 Å². The number of nitrogens with zero attached hydrogens (tertiary/aromatic N) is 1. The summed E-state index contributed by atoms with van der Waals surface area (Å²) in [5, 5.41) is 9.17. The molecule has 23 heavy (non-hydrogen) atoms. The Morgan fingerprint density at radius 2 is 1.65 bits per heavy atom. The molecule has 2 fully saturated rings. The largest absolute Gasteiger partial charge is 0.481 e. The predicted octanol–water partition coefficient (Wildman–Crippen LogP) is 1.30. The number of fused-ring (bicyclic) bond motifs is 2. The highest BCUT2D eigenvalue weighted by Gasteiger charge is 2.46. The van der Waals surface area contributed by atoms with Crippen molar-refractivity contribution < 1.29 is 23.1 Å². The van der Waals surface area contributed by atoms with E-state index in [4.69, 9.17) is 5.11 Å². The molecule has 6 nitrogen and oxygen atoms in total. The summed E-state index contributed by atoms with van der Waals surface area (Å²) < 4.78 is 26.8. The molecule has 0 aromatic heterocycles. The van der Waals surface area contributed by atoms with E-state index in [2.05, 4.69) is 0 Å². The average Bonchev–Trinajstić information content (AvgIpc) is 2.46. The van der Waals surface area contributed by atoms with Crippen LogP contribution in [0.25, 0.3) is 0 Å². The molecule has 3 rings (SSSR count). The Hall–Kier alpha value is -1.73. The molecule has 1 unspecified atom stereocenters. The van der Waals surface area contributed by atoms with Gasteiger partial charge in [-0.2, -0.15) is 4.31 Å². The van der Waals surface area contributed by atoms with E-state index in [0.717, 1.165) is 5.56 Å². The van der Waals surface area contributed by atoms with Gasteiger partial charge in [0.25, 0.3) is 0 Å². The summed E-state index contributed by atoms with van der Waals surface area (Å²) in [7, 11) is -3.65. The molecule has 3 atom stereocenters. The number of aryl methyl sites for hydroxylation is 1. The summed E-state index contributed by atoms with van der Waals surface area (Å²) in [6.07, 6.45) is 0.454. The summed E-state index contributed by atoms with van der Waals surface area (Å²) in [5.74, 6) is -2.46. The number of piperidine rings is 1. The predicted molar refractivity (Wildman–Crippen MR) is 82.3 cm³/mol. The van der Waals surface area contributed by atoms with Gasteiger partial charge in [-0.1, -0.05) is 17.7 Å². The molecule has 2 aliphatic rings. The van der Waals surface area contributed by atoms with Crippen LogP contribution < -0.4 is 0 Å². The van der Waals surface area contributed by atoms with Crippen LogP contribution in [0.15, 0.2) is 29.2 Å². The van der Waals surface area contributed by atoms with Gasteiger partial charge >= 0.3 is 5.97 Å². The van der Waals surface area contributed by atoms with Crippen molar-refractivity contribution in [2.24, 2.45) is 17.8 Å². The Kier molecular flexibility index (Phi) is 4.01. The average molecular weight is 337 g/mol. The third-order valence-corrected chi connectivity index (χ3v) is 6.64. The third kappa shape index (κ3) is 2.90. The first kappa shape index (κ1) is 16.1. The van der Waals surface area contributed by atoms with Crippen LogP contribution in [-0.2, 0) is 19.6 Å². The van der Waals surface area contributed by atoms with E-state index < -0.39 is 33.7 Å². The van der Waals surface area contributed by atoms with Crippen molar-refractivity contribution in [2.45, 2.75) is 24.7 Å². The molecule has 124 valence electrons. The van der Waals surface area contributed by atoms with E-state index >= 15 is 0 Å². The first-order valence-electron chi connectivity index (χ1n) is 7.62. The Balaban J connectivity index is 1.85. The molecular formula is C16H19NO5S. The van der Waals surface area contributed by atoms with E-state index in [-0.39, 0.29) is 36.6 Å². The molecule has 0 radical (unpaired) electrons. The molecule has 1 aliphatic heterocycles. The lowest BCUT2D eigenvalue weighted by Gasteiger charge is -2.41. The van der Waals surface area contributed by atoms with Crippen LogP contribution in [-0.4, -0.2) is 42.7 Å². The Morgan fingerprint density at radius 3 is 2.13 bits per heavy atom. The molecule has 7 heteroatoms. The molecule has 0 spiro atoms. The van der Waals surface area contributed by atoms with Gasteiger partial charge in [0.15, 0.2) is 0 Å². The maximum atomic E-state index is 12.8. The minimum atomic E-state index is -3.65. The lowest BCUT2D eigenvalue weighted by Crippen LogP contribution is -2.53. The van der Waals surface area contributed by atoms with E-state index in [1.54, 1.807) is 24.3 Å². The van der Waals surface area contributed by atoms with Crippen molar-refractivity contribution in [3.8, 4) is 0 Å². The Labute approximate surface area is 135 Å². The fraction of sp³-hybridized carbons (Fsp3) is 0.500. The van der Waals surface area contributed by atoms with E-state index in [9.17, 15) is 18.0 Å². The van der Waals surface area contributed by atoms with Gasteiger partial charge in [0.1, 0.15) is 5.78 Å². The second kappa shape index (κ2) is 5.72. The van der Waals surface area contributed by atoms with Gasteiger partial charge in [-0.15, -0.1) is 0 Å². The number of sulfonamides is 1. The number of aliphatic carboxylic acids is 1. The van der Waals surface area contributed by atoms with Crippen LogP contribution in [0.1, 0.15) is 18.4 Å². The number of hydrogen-bond acceptors (Lipinski definition) is 4. The fourth-order valence-electron chi connectivity index (χ4n) is 3.50. The molecule has 1 saturated carbocycles. The lowest BCUT2D eigenvalue weighted by molar-refractivity contribution is -0.148. The van der Waals surface area contributed by atoms with Crippen LogP contribution in [0.2, 0.25) is 0 Å². The molecule has 2 bridgehead atoms. The number of carbonyl (C=O) groups is 2. The summed E-state index contributed by atoms with van der Waals surface area (Å²) in [6, 6.07) is 6.61. The van der Waals surface area contributed by atoms with Gasteiger partial charge in [0.2, 0.25) is 10.0 Å². The number of carboxylic acids is 1. The molecule has 0 amide bonds. The minimum absolute atomic E-state index is 0.0119. The smallest absolute Gasteiger partial charge is 0.306 e. The van der Waals surface area contributed by atoms with E-state index in [1.807, 2.05) is 6.92 Å². The Bertz CT molecular complexity index is 722. The zero-order valence-corrected chi connectivity index (χ0v) is 13.6. The fourth-order valence-corrected chi connectivity index (χ4v) is 5.03. The topological polar surface area (TPSA) is 91.8 Å². The van der Waals surface area contributed by atoms with Gasteiger partial charge in [-0.25, -0.2) is 8.42 Å². The van der Waals surface area contributed by atoms with Gasteiger partial charge in [-0.05, 0) is 31.9 Å². The molecule has 1 N–H and O–H groups in total. The minimum Gasteiger partial charge on any atom is -0.481 e. The normalized spacial score (nSPS) is 28.6. The van der Waals surface area contributed by atoms with E-state index in [1.165, 1.54) is 4.31 Å². The number of Topliss-reactive ketones (excluding diaryl/α,β-unsaturated/α-hetero) is 1. The van der Waals surface area contributed by atoms with Crippen molar-refractivity contribution in [3.05, 3.63) is 29.8 Å². The summed E-state index contributed by atoms with van der Waals surface area (Å²) in [6.45, 7) is 2.04. The molecule has 1 saturated heterocycles. The SMILES string of the molecule is Cc1ccc(S(=O)(=O)N2C[C@H]3CC(C(=O)O)C[C@@H](C2)C3=O)cc1. The van der Waals surface area contributed by atoms with Gasteiger partial charge < -0.3 is 5.11 Å².